The molecule has 0 bridgehead atoms. The summed E-state index contributed by atoms with van der Waals surface area (Å²) in [5.74, 6) is -0.246. The average molecular weight is 382 g/mol. The fraction of sp³-hybridized carbons (Fsp3) is 0.111. The molecule has 0 spiro atoms. The second-order valence-electron chi connectivity index (χ2n) is 5.65. The number of aromatic nitrogens is 3. The lowest BCUT2D eigenvalue weighted by Gasteiger charge is -2.20. The summed E-state index contributed by atoms with van der Waals surface area (Å²) in [5, 5.41) is 4.82. The van der Waals surface area contributed by atoms with Crippen molar-refractivity contribution >= 4 is 49.6 Å². The van der Waals surface area contributed by atoms with Gasteiger partial charge >= 0.3 is 0 Å². The SMILES string of the molecule is Cc1csc(N(C(=O)Cn2cnc3sccc3c2=O)c2ccccc2)n1. The third-order valence-electron chi connectivity index (χ3n) is 3.82. The van der Waals surface area contributed by atoms with Crippen LogP contribution in [0.5, 0.6) is 0 Å². The van der Waals surface area contributed by atoms with E-state index in [1.165, 1.54) is 33.6 Å². The number of aryl methyl sites for hydroxylation is 1. The second kappa shape index (κ2) is 6.81. The Morgan fingerprint density at radius 3 is 2.73 bits per heavy atom. The fourth-order valence-electron chi connectivity index (χ4n) is 2.60. The number of carbonyl (C=O) groups excluding carboxylic acids is 1. The van der Waals surface area contributed by atoms with Crippen LogP contribution in [-0.2, 0) is 11.3 Å². The van der Waals surface area contributed by atoms with Crippen molar-refractivity contribution < 1.29 is 4.79 Å². The topological polar surface area (TPSA) is 68.1 Å². The number of benzene rings is 1. The molecule has 3 aromatic heterocycles. The molecule has 0 aliphatic carbocycles. The standard InChI is InChI=1S/C18H14N4O2S2/c1-12-10-26-18(20-12)22(13-5-3-2-4-6-13)15(23)9-21-11-19-16-14(17(21)24)7-8-25-16/h2-8,10-11H,9H2,1H3. The van der Waals surface area contributed by atoms with Crippen LogP contribution in [0, 0.1) is 6.92 Å². The monoisotopic (exact) mass is 382 g/mol. The van der Waals surface area contributed by atoms with Crippen molar-refractivity contribution in [3.05, 3.63) is 69.5 Å². The number of fused-ring (bicyclic) bond motifs is 1. The van der Waals surface area contributed by atoms with E-state index in [1.54, 1.807) is 11.0 Å². The lowest BCUT2D eigenvalue weighted by atomic mass is 10.3. The summed E-state index contributed by atoms with van der Waals surface area (Å²) in [4.78, 5) is 36.5. The van der Waals surface area contributed by atoms with Crippen LogP contribution < -0.4 is 10.5 Å². The maximum Gasteiger partial charge on any atom is 0.262 e. The van der Waals surface area contributed by atoms with Gasteiger partial charge in [-0.25, -0.2) is 9.97 Å². The molecule has 130 valence electrons. The smallest absolute Gasteiger partial charge is 0.262 e. The third-order valence-corrected chi connectivity index (χ3v) is 5.58. The Hall–Kier alpha value is -2.84. The molecule has 26 heavy (non-hydrogen) atoms. The largest absolute Gasteiger partial charge is 0.289 e. The first-order chi connectivity index (χ1) is 12.6. The zero-order valence-corrected chi connectivity index (χ0v) is 15.5. The average Bonchev–Trinajstić information content (AvgIpc) is 3.28. The van der Waals surface area contributed by atoms with E-state index in [4.69, 9.17) is 0 Å². The van der Waals surface area contributed by atoms with E-state index in [-0.39, 0.29) is 18.0 Å². The minimum atomic E-state index is -0.246. The molecular formula is C18H14N4O2S2. The number of para-hydroxylation sites is 1. The first-order valence-corrected chi connectivity index (χ1v) is 9.62. The van der Waals surface area contributed by atoms with Gasteiger partial charge in [0.15, 0.2) is 5.13 Å². The highest BCUT2D eigenvalue weighted by molar-refractivity contribution is 7.16. The van der Waals surface area contributed by atoms with Crippen LogP contribution in [0.25, 0.3) is 10.2 Å². The lowest BCUT2D eigenvalue weighted by Crippen LogP contribution is -2.33. The molecule has 4 aromatic rings. The van der Waals surface area contributed by atoms with Crippen LogP contribution in [0.1, 0.15) is 5.69 Å². The number of hydrogen-bond donors (Lipinski definition) is 0. The van der Waals surface area contributed by atoms with E-state index >= 15 is 0 Å². The van der Waals surface area contributed by atoms with Gasteiger partial charge < -0.3 is 0 Å². The molecule has 0 aliphatic rings. The van der Waals surface area contributed by atoms with Gasteiger partial charge in [-0.05, 0) is 30.5 Å². The quantitative estimate of drug-likeness (QED) is 0.541. The van der Waals surface area contributed by atoms with E-state index in [2.05, 4.69) is 9.97 Å². The van der Waals surface area contributed by atoms with Gasteiger partial charge in [-0.3, -0.25) is 19.1 Å². The minimum absolute atomic E-state index is 0.106. The first-order valence-electron chi connectivity index (χ1n) is 7.86. The molecule has 1 aromatic carbocycles. The zero-order chi connectivity index (χ0) is 18.1. The molecule has 3 heterocycles. The summed E-state index contributed by atoms with van der Waals surface area (Å²) in [5.41, 5.74) is 1.34. The normalized spacial score (nSPS) is 11.0. The van der Waals surface area contributed by atoms with Crippen molar-refractivity contribution in [3.63, 3.8) is 0 Å². The highest BCUT2D eigenvalue weighted by Crippen LogP contribution is 2.28. The summed E-state index contributed by atoms with van der Waals surface area (Å²) >= 11 is 2.80. The number of thiophene rings is 1. The van der Waals surface area contributed by atoms with Crippen molar-refractivity contribution in [3.8, 4) is 0 Å². The minimum Gasteiger partial charge on any atom is -0.289 e. The van der Waals surface area contributed by atoms with Gasteiger partial charge in [0.25, 0.3) is 11.5 Å². The Morgan fingerprint density at radius 2 is 2.00 bits per heavy atom. The lowest BCUT2D eigenvalue weighted by molar-refractivity contribution is -0.118. The number of rotatable bonds is 4. The molecule has 0 N–H and O–H groups in total. The summed E-state index contributed by atoms with van der Waals surface area (Å²) < 4.78 is 1.34. The van der Waals surface area contributed by atoms with Gasteiger partial charge in [0.05, 0.1) is 23.1 Å². The van der Waals surface area contributed by atoms with Gasteiger partial charge in [0.2, 0.25) is 0 Å². The zero-order valence-electron chi connectivity index (χ0n) is 13.8. The molecular weight excluding hydrogens is 368 g/mol. The maximum atomic E-state index is 13.1. The highest BCUT2D eigenvalue weighted by Gasteiger charge is 2.22. The van der Waals surface area contributed by atoms with Crippen LogP contribution >= 0.6 is 22.7 Å². The molecule has 0 atom stereocenters. The molecule has 0 radical (unpaired) electrons. The molecule has 0 fully saturated rings. The van der Waals surface area contributed by atoms with Crippen LogP contribution in [0.4, 0.5) is 10.8 Å². The van der Waals surface area contributed by atoms with Crippen LogP contribution in [0.2, 0.25) is 0 Å². The summed E-state index contributed by atoms with van der Waals surface area (Å²) in [7, 11) is 0. The highest BCUT2D eigenvalue weighted by atomic mass is 32.1. The Kier molecular flexibility index (Phi) is 4.36. The van der Waals surface area contributed by atoms with Gasteiger partial charge in [0.1, 0.15) is 11.4 Å². The summed E-state index contributed by atoms with van der Waals surface area (Å²) in [6, 6.07) is 11.0. The van der Waals surface area contributed by atoms with E-state index in [9.17, 15) is 9.59 Å². The number of amides is 1. The van der Waals surface area contributed by atoms with Gasteiger partial charge in [-0.1, -0.05) is 18.2 Å². The molecule has 0 unspecified atom stereocenters. The van der Waals surface area contributed by atoms with Gasteiger partial charge in [-0.2, -0.15) is 0 Å². The molecule has 1 amide bonds. The molecule has 0 saturated carbocycles. The van der Waals surface area contributed by atoms with Gasteiger partial charge in [0, 0.05) is 5.38 Å². The van der Waals surface area contributed by atoms with E-state index in [1.807, 2.05) is 48.0 Å². The van der Waals surface area contributed by atoms with Crippen molar-refractivity contribution in [1.29, 1.82) is 0 Å². The van der Waals surface area contributed by atoms with E-state index < -0.39 is 0 Å². The molecule has 0 aliphatic heterocycles. The van der Waals surface area contributed by atoms with Crippen LogP contribution in [0.15, 0.2) is 58.3 Å². The Labute approximate surface area is 157 Å². The third kappa shape index (κ3) is 3.04. The predicted octanol–water partition coefficient (Wildman–Crippen LogP) is 3.59. The Balaban J connectivity index is 1.72. The van der Waals surface area contributed by atoms with Crippen molar-refractivity contribution in [2.24, 2.45) is 0 Å². The molecule has 8 heteroatoms. The van der Waals surface area contributed by atoms with Crippen molar-refractivity contribution in [2.75, 3.05) is 4.90 Å². The number of hydrogen-bond acceptors (Lipinski definition) is 6. The second-order valence-corrected chi connectivity index (χ2v) is 7.38. The summed E-state index contributed by atoms with van der Waals surface area (Å²) in [6.07, 6.45) is 1.43. The van der Waals surface area contributed by atoms with E-state index in [0.717, 1.165) is 5.69 Å². The fourth-order valence-corrected chi connectivity index (χ4v) is 4.17. The Bertz CT molecular complexity index is 1130. The molecule has 4 rings (SSSR count). The van der Waals surface area contributed by atoms with Crippen LogP contribution in [0.3, 0.4) is 0 Å². The number of carbonyl (C=O) groups is 1. The number of thiazole rings is 1. The van der Waals surface area contributed by atoms with Gasteiger partial charge in [-0.15, -0.1) is 22.7 Å². The number of anilines is 2. The predicted molar refractivity (Wildman–Crippen MR) is 104 cm³/mol. The number of nitrogens with zero attached hydrogens (tertiary/aromatic N) is 4. The van der Waals surface area contributed by atoms with Crippen molar-refractivity contribution in [1.82, 2.24) is 14.5 Å². The van der Waals surface area contributed by atoms with Crippen LogP contribution in [-0.4, -0.2) is 20.4 Å². The summed E-state index contributed by atoms with van der Waals surface area (Å²) in [6.45, 7) is 1.78. The first kappa shape index (κ1) is 16.6. The molecule has 0 saturated heterocycles. The maximum absolute atomic E-state index is 13.1. The molecule has 6 nitrogen and oxygen atoms in total. The van der Waals surface area contributed by atoms with Crippen molar-refractivity contribution in [2.45, 2.75) is 13.5 Å². The Morgan fingerprint density at radius 1 is 1.19 bits per heavy atom. The van der Waals surface area contributed by atoms with E-state index in [0.29, 0.717) is 21.0 Å².